The summed E-state index contributed by atoms with van der Waals surface area (Å²) in [6, 6.07) is -24.8. The lowest BCUT2D eigenvalue weighted by atomic mass is 10.2. The lowest BCUT2D eigenvalue weighted by Gasteiger charge is -2.44. The Morgan fingerprint density at radius 2 is 0.522 bits per heavy atom. The zero-order chi connectivity index (χ0) is 19.5. The minimum Gasteiger partial charge on any atom is -0.200 e. The molecule has 0 saturated carbocycles. The third kappa shape index (κ3) is 2.66. The zero-order valence-corrected chi connectivity index (χ0v) is 9.56. The molecule has 0 aliphatic carbocycles. The van der Waals surface area contributed by atoms with Crippen molar-refractivity contribution in [2.45, 2.75) is 36.7 Å². The first kappa shape index (κ1) is 21.9. The molecule has 0 aromatic heterocycles. The van der Waals surface area contributed by atoms with Crippen molar-refractivity contribution in [2.24, 2.45) is 0 Å². The van der Waals surface area contributed by atoms with E-state index in [9.17, 15) is 65.9 Å². The van der Waals surface area contributed by atoms with Gasteiger partial charge in [-0.3, -0.25) is 0 Å². The van der Waals surface area contributed by atoms with Crippen LogP contribution in [0.5, 0.6) is 0 Å². The molecule has 0 amide bonds. The van der Waals surface area contributed by atoms with Crippen LogP contribution in [0.1, 0.15) is 0 Å². The molecule has 0 aromatic carbocycles. The quantitative estimate of drug-likeness (QED) is 0.323. The van der Waals surface area contributed by atoms with Crippen LogP contribution in [0.2, 0.25) is 0 Å². The smallest absolute Gasteiger partial charge is 0.200 e. The first-order chi connectivity index (χ1) is 9.50. The summed E-state index contributed by atoms with van der Waals surface area (Å²) in [6.45, 7) is 0. The topological polar surface area (TPSA) is 20.2 Å². The van der Waals surface area contributed by atoms with Crippen molar-refractivity contribution in [3.05, 3.63) is 0 Å². The van der Waals surface area contributed by atoms with Gasteiger partial charge in [-0.1, -0.05) is 0 Å². The fourth-order valence-electron chi connectivity index (χ4n) is 1.08. The molecule has 0 aliphatic rings. The molecular weight excluding hydrogens is 387 g/mol. The maximum absolute atomic E-state index is 12.7. The van der Waals surface area contributed by atoms with Crippen molar-refractivity contribution in [2.75, 3.05) is 0 Å². The van der Waals surface area contributed by atoms with Gasteiger partial charge in [0, 0.05) is 4.65 Å². The van der Waals surface area contributed by atoms with Crippen LogP contribution < -0.4 is 0 Å². The van der Waals surface area contributed by atoms with Crippen molar-refractivity contribution in [1.29, 1.82) is 0 Å². The monoisotopic (exact) mass is 388 g/mol. The van der Waals surface area contributed by atoms with Crippen LogP contribution in [0.25, 0.3) is 0 Å². The summed E-state index contributed by atoms with van der Waals surface area (Å²) in [6.07, 6.45) is -23.5. The van der Waals surface area contributed by atoms with Crippen LogP contribution in [0, 0.1) is 0 Å². The zero-order valence-electron chi connectivity index (χ0n) is 9.56. The van der Waals surface area contributed by atoms with E-state index in [4.69, 9.17) is 5.21 Å². The molecule has 0 fully saturated rings. The Bertz CT molecular complexity index is 376. The maximum atomic E-state index is 12.7. The van der Waals surface area contributed by atoms with Gasteiger partial charge in [0.05, 0.1) is 0 Å². The van der Waals surface area contributed by atoms with E-state index < -0.39 is 41.3 Å². The minimum atomic E-state index is -8.27. The number of quaternary nitrogens is 1. The lowest BCUT2D eigenvalue weighted by Crippen LogP contribution is -2.83. The molecule has 0 rings (SSSR count). The third-order valence-electron chi connectivity index (χ3n) is 2.24. The van der Waals surface area contributed by atoms with Crippen LogP contribution >= 0.6 is 0 Å². The molecule has 0 heterocycles. The summed E-state index contributed by atoms with van der Waals surface area (Å²) in [7, 11) is 0. The first-order valence-corrected chi connectivity index (χ1v) is 4.46. The highest BCUT2D eigenvalue weighted by molar-refractivity contribution is 4.80. The highest BCUT2D eigenvalue weighted by Crippen LogP contribution is 2.60. The van der Waals surface area contributed by atoms with Gasteiger partial charge in [-0.05, 0) is 0 Å². The van der Waals surface area contributed by atoms with Crippen molar-refractivity contribution in [3.63, 3.8) is 0 Å². The number of halogens is 15. The summed E-state index contributed by atoms with van der Waals surface area (Å²) >= 11 is 0. The van der Waals surface area contributed by atoms with E-state index in [1.165, 1.54) is 0 Å². The normalized spacial score (nSPS) is 16.7. The lowest BCUT2D eigenvalue weighted by molar-refractivity contribution is -1.28. The van der Waals surface area contributed by atoms with E-state index in [2.05, 4.69) is 0 Å². The van der Waals surface area contributed by atoms with Gasteiger partial charge < -0.3 is 0 Å². The van der Waals surface area contributed by atoms with E-state index in [-0.39, 0.29) is 0 Å². The van der Waals surface area contributed by atoms with Gasteiger partial charge in [0.1, 0.15) is 0 Å². The predicted octanol–water partition coefficient (Wildman–Crippen LogP) is 4.66. The Kier molecular flexibility index (Phi) is 4.69. The number of rotatable bonds is 3. The van der Waals surface area contributed by atoms with Gasteiger partial charge in [-0.2, -0.15) is 39.5 Å². The Morgan fingerprint density at radius 1 is 0.391 bits per heavy atom. The molecule has 0 spiro atoms. The van der Waals surface area contributed by atoms with Gasteiger partial charge >= 0.3 is 36.7 Å². The molecule has 0 saturated heterocycles. The molecule has 140 valence electrons. The molecule has 0 aromatic rings. The molecule has 0 radical (unpaired) electrons. The number of hydroxylamine groups is 3. The second kappa shape index (κ2) is 4.93. The fourth-order valence-corrected chi connectivity index (χ4v) is 1.08. The summed E-state index contributed by atoms with van der Waals surface area (Å²) in [5.41, 5.74) is 0. The second-order valence-corrected chi connectivity index (χ2v) is 3.75. The van der Waals surface area contributed by atoms with Crippen molar-refractivity contribution in [1.82, 2.24) is 0 Å². The molecule has 2 nitrogen and oxygen atoms in total. The van der Waals surface area contributed by atoms with Gasteiger partial charge in [-0.15, -0.1) is 26.3 Å². The van der Waals surface area contributed by atoms with E-state index in [0.29, 0.717) is 0 Å². The molecule has 0 bridgehead atoms. The molecule has 0 aliphatic heterocycles. The molecule has 0 unspecified atom stereocenters. The molecule has 0 atom stereocenters. The Labute approximate surface area is 114 Å². The SMILES string of the molecule is O[N+](C(F)(F)C(F)(F)F)(C(F)(F)C(F)(F)F)C(F)(F)C(F)(F)F. The summed E-state index contributed by atoms with van der Waals surface area (Å²) in [5.74, 6) is 0. The predicted molar refractivity (Wildman–Crippen MR) is 35.1 cm³/mol. The van der Waals surface area contributed by atoms with Crippen LogP contribution in [0.4, 0.5) is 65.9 Å². The van der Waals surface area contributed by atoms with Crippen LogP contribution in [-0.4, -0.2) is 46.5 Å². The van der Waals surface area contributed by atoms with E-state index in [1.54, 1.807) is 0 Å². The average Bonchev–Trinajstić information content (AvgIpc) is 2.22. The number of nitrogens with zero attached hydrogens (tertiary/aromatic N) is 1. The highest BCUT2D eigenvalue weighted by atomic mass is 19.4. The van der Waals surface area contributed by atoms with Gasteiger partial charge in [0.2, 0.25) is 0 Å². The first-order valence-electron chi connectivity index (χ1n) is 4.46. The van der Waals surface area contributed by atoms with Gasteiger partial charge in [-0.25, -0.2) is 5.21 Å². The Morgan fingerprint density at radius 3 is 0.609 bits per heavy atom. The minimum absolute atomic E-state index is 7.34. The number of hydrogen-bond acceptors (Lipinski definition) is 1. The highest BCUT2D eigenvalue weighted by Gasteiger charge is 2.99. The van der Waals surface area contributed by atoms with Crippen LogP contribution in [0.3, 0.4) is 0 Å². The average molecular weight is 388 g/mol. The number of alkyl halides is 15. The standard InChI is InChI=1S/C6HF15NO/c7-1(8,9)4(16,17)22(23,5(18,19)2(10,11)12)6(20,21)3(13,14)15/h23H/q+1. The maximum Gasteiger partial charge on any atom is 0.530 e. The third-order valence-corrected chi connectivity index (χ3v) is 2.24. The van der Waals surface area contributed by atoms with E-state index in [1.807, 2.05) is 0 Å². The van der Waals surface area contributed by atoms with Crippen molar-refractivity contribution in [3.8, 4) is 0 Å². The van der Waals surface area contributed by atoms with Crippen molar-refractivity contribution >= 4 is 0 Å². The molecular formula is C6HF15NO+. The van der Waals surface area contributed by atoms with E-state index in [0.717, 1.165) is 0 Å². The summed E-state index contributed by atoms with van der Waals surface area (Å²) in [5, 5.41) is 8.13. The molecule has 1 N–H and O–H groups in total. The Hall–Kier alpha value is -1.13. The summed E-state index contributed by atoms with van der Waals surface area (Å²) < 4.78 is 175. The van der Waals surface area contributed by atoms with Crippen LogP contribution in [0.15, 0.2) is 0 Å². The van der Waals surface area contributed by atoms with Gasteiger partial charge in [0.15, 0.2) is 0 Å². The van der Waals surface area contributed by atoms with Crippen molar-refractivity contribution < 1.29 is 75.7 Å². The van der Waals surface area contributed by atoms with Crippen LogP contribution in [-0.2, 0) is 0 Å². The van der Waals surface area contributed by atoms with E-state index >= 15 is 0 Å². The molecule has 23 heavy (non-hydrogen) atoms. The summed E-state index contributed by atoms with van der Waals surface area (Å²) in [4.78, 5) is 0. The fraction of sp³-hybridized carbons (Fsp3) is 1.00. The second-order valence-electron chi connectivity index (χ2n) is 3.75. The Balaban J connectivity index is 6.97. The van der Waals surface area contributed by atoms with Gasteiger partial charge in [0.25, 0.3) is 0 Å². The number of hydrogen-bond donors (Lipinski definition) is 1. The largest absolute Gasteiger partial charge is 0.530 e. The molecule has 17 heteroatoms.